The number of halogens is 2. The molecule has 2 rings (SSSR count). The second-order valence-electron chi connectivity index (χ2n) is 4.37. The van der Waals surface area contributed by atoms with Gasteiger partial charge in [-0.1, -0.05) is 12.1 Å². The van der Waals surface area contributed by atoms with E-state index >= 15 is 0 Å². The molecular weight excluding hydrogens is 255 g/mol. The highest BCUT2D eigenvalue weighted by Gasteiger charge is 2.21. The second-order valence-corrected chi connectivity index (χ2v) is 4.37. The fourth-order valence-electron chi connectivity index (χ4n) is 2.36. The molecule has 1 fully saturated rings. The van der Waals surface area contributed by atoms with Gasteiger partial charge in [-0.05, 0) is 24.1 Å². The van der Waals surface area contributed by atoms with E-state index in [-0.39, 0.29) is 30.9 Å². The van der Waals surface area contributed by atoms with E-state index in [9.17, 15) is 4.39 Å². The topological polar surface area (TPSA) is 35.5 Å². The maximum absolute atomic E-state index is 12.9. The van der Waals surface area contributed by atoms with Crippen LogP contribution >= 0.6 is 12.4 Å². The first-order valence-electron chi connectivity index (χ1n) is 6.12. The Kier molecular flexibility index (Phi) is 6.57. The summed E-state index contributed by atoms with van der Waals surface area (Å²) in [6.45, 7) is 4.06. The molecule has 1 saturated heterocycles. The lowest BCUT2D eigenvalue weighted by atomic mass is 10.0. The van der Waals surface area contributed by atoms with Gasteiger partial charge in [-0.15, -0.1) is 12.4 Å². The van der Waals surface area contributed by atoms with Gasteiger partial charge in [0.25, 0.3) is 0 Å². The molecular formula is C13H20ClFN2O. The lowest BCUT2D eigenvalue weighted by molar-refractivity contribution is 0.141. The van der Waals surface area contributed by atoms with Crippen LogP contribution in [0, 0.1) is 5.82 Å². The molecule has 18 heavy (non-hydrogen) atoms. The molecule has 0 amide bonds. The molecule has 2 N–H and O–H groups in total. The summed E-state index contributed by atoms with van der Waals surface area (Å²) in [7, 11) is 0. The summed E-state index contributed by atoms with van der Waals surface area (Å²) in [5, 5.41) is 12.5. The minimum atomic E-state index is -0.211. The molecule has 0 radical (unpaired) electrons. The highest BCUT2D eigenvalue weighted by Crippen LogP contribution is 2.24. The predicted octanol–water partition coefficient (Wildman–Crippen LogP) is 1.58. The third-order valence-electron chi connectivity index (χ3n) is 3.25. The number of aliphatic hydroxyl groups excluding tert-OH is 1. The number of hydrogen-bond donors (Lipinski definition) is 2. The van der Waals surface area contributed by atoms with E-state index in [0.29, 0.717) is 6.42 Å². The van der Waals surface area contributed by atoms with Crippen LogP contribution in [0.1, 0.15) is 18.0 Å². The average Bonchev–Trinajstić information content (AvgIpc) is 2.38. The van der Waals surface area contributed by atoms with Crippen molar-refractivity contribution in [2.75, 3.05) is 32.8 Å². The first-order valence-corrected chi connectivity index (χ1v) is 6.12. The first kappa shape index (κ1) is 15.4. The molecule has 3 nitrogen and oxygen atoms in total. The molecule has 1 atom stereocenters. The summed E-state index contributed by atoms with van der Waals surface area (Å²) >= 11 is 0. The second kappa shape index (κ2) is 7.69. The fraction of sp³-hybridized carbons (Fsp3) is 0.538. The molecule has 1 aliphatic heterocycles. The molecule has 0 bridgehead atoms. The minimum absolute atomic E-state index is 0. The van der Waals surface area contributed by atoms with Crippen LogP contribution in [0.3, 0.4) is 0 Å². The normalized spacial score (nSPS) is 18.1. The smallest absolute Gasteiger partial charge is 0.123 e. The van der Waals surface area contributed by atoms with Crippen molar-refractivity contribution in [1.82, 2.24) is 10.2 Å². The van der Waals surface area contributed by atoms with Gasteiger partial charge in [-0.3, -0.25) is 4.90 Å². The monoisotopic (exact) mass is 274 g/mol. The highest BCUT2D eigenvalue weighted by atomic mass is 35.5. The van der Waals surface area contributed by atoms with Crippen molar-refractivity contribution in [3.63, 3.8) is 0 Å². The highest BCUT2D eigenvalue weighted by molar-refractivity contribution is 5.85. The van der Waals surface area contributed by atoms with Crippen molar-refractivity contribution in [2.24, 2.45) is 0 Å². The van der Waals surface area contributed by atoms with E-state index in [2.05, 4.69) is 10.2 Å². The molecule has 0 spiro atoms. The van der Waals surface area contributed by atoms with Crippen LogP contribution in [0.5, 0.6) is 0 Å². The molecule has 5 heteroatoms. The Morgan fingerprint density at radius 2 is 1.83 bits per heavy atom. The maximum Gasteiger partial charge on any atom is 0.123 e. The molecule has 102 valence electrons. The molecule has 1 heterocycles. The summed E-state index contributed by atoms with van der Waals surface area (Å²) in [5.74, 6) is -0.211. The number of nitrogens with one attached hydrogen (secondary N) is 1. The number of nitrogens with zero attached hydrogens (tertiary/aromatic N) is 1. The SMILES string of the molecule is Cl.OCC[C@@H](c1ccc(F)cc1)N1CCNCC1. The van der Waals surface area contributed by atoms with Gasteiger partial charge >= 0.3 is 0 Å². The van der Waals surface area contributed by atoms with E-state index < -0.39 is 0 Å². The van der Waals surface area contributed by atoms with Crippen molar-refractivity contribution >= 4 is 12.4 Å². The van der Waals surface area contributed by atoms with E-state index in [1.807, 2.05) is 12.1 Å². The predicted molar refractivity (Wildman–Crippen MR) is 72.5 cm³/mol. The van der Waals surface area contributed by atoms with Crippen molar-refractivity contribution in [3.05, 3.63) is 35.6 Å². The van der Waals surface area contributed by atoms with Crippen LogP contribution in [0.4, 0.5) is 4.39 Å². The van der Waals surface area contributed by atoms with Crippen LogP contribution in [-0.4, -0.2) is 42.8 Å². The Labute approximate surface area is 113 Å². The number of piperazine rings is 1. The summed E-state index contributed by atoms with van der Waals surface area (Å²) in [6.07, 6.45) is 0.700. The van der Waals surface area contributed by atoms with Gasteiger partial charge in [0.2, 0.25) is 0 Å². The Morgan fingerprint density at radius 3 is 2.39 bits per heavy atom. The zero-order valence-electron chi connectivity index (χ0n) is 10.3. The Bertz CT molecular complexity index is 341. The number of rotatable bonds is 4. The van der Waals surface area contributed by atoms with E-state index in [1.165, 1.54) is 12.1 Å². The van der Waals surface area contributed by atoms with Gasteiger partial charge in [0.1, 0.15) is 5.82 Å². The van der Waals surface area contributed by atoms with Gasteiger partial charge in [-0.25, -0.2) is 4.39 Å². The minimum Gasteiger partial charge on any atom is -0.396 e. The molecule has 0 unspecified atom stereocenters. The molecule has 1 aromatic rings. The van der Waals surface area contributed by atoms with Crippen molar-refractivity contribution < 1.29 is 9.50 Å². The molecule has 1 aromatic carbocycles. The number of hydrogen-bond acceptors (Lipinski definition) is 3. The standard InChI is InChI=1S/C13H19FN2O.ClH/c14-12-3-1-11(2-4-12)13(5-10-17)16-8-6-15-7-9-16;/h1-4,13,15,17H,5-10H2;1H/t13-;/m0./s1. The van der Waals surface area contributed by atoms with Crippen molar-refractivity contribution in [1.29, 1.82) is 0 Å². The summed E-state index contributed by atoms with van der Waals surface area (Å²) in [4.78, 5) is 2.35. The molecule has 0 aliphatic carbocycles. The summed E-state index contributed by atoms with van der Waals surface area (Å²) in [6, 6.07) is 6.81. The molecule has 1 aliphatic rings. The van der Waals surface area contributed by atoms with E-state index in [4.69, 9.17) is 5.11 Å². The van der Waals surface area contributed by atoms with Crippen LogP contribution < -0.4 is 5.32 Å². The summed E-state index contributed by atoms with van der Waals surface area (Å²) in [5.41, 5.74) is 1.09. The Balaban J connectivity index is 0.00000162. The van der Waals surface area contributed by atoms with Gasteiger partial charge in [0.15, 0.2) is 0 Å². The largest absolute Gasteiger partial charge is 0.396 e. The van der Waals surface area contributed by atoms with Crippen LogP contribution in [0.25, 0.3) is 0 Å². The quantitative estimate of drug-likeness (QED) is 0.875. The van der Waals surface area contributed by atoms with Crippen molar-refractivity contribution in [2.45, 2.75) is 12.5 Å². The van der Waals surface area contributed by atoms with Crippen LogP contribution in [0.15, 0.2) is 24.3 Å². The van der Waals surface area contributed by atoms with Gasteiger partial charge in [-0.2, -0.15) is 0 Å². The average molecular weight is 275 g/mol. The van der Waals surface area contributed by atoms with Gasteiger partial charge < -0.3 is 10.4 Å². The fourth-order valence-corrected chi connectivity index (χ4v) is 2.36. The summed E-state index contributed by atoms with van der Waals surface area (Å²) < 4.78 is 12.9. The third kappa shape index (κ3) is 3.92. The zero-order valence-corrected chi connectivity index (χ0v) is 11.1. The van der Waals surface area contributed by atoms with Crippen LogP contribution in [0.2, 0.25) is 0 Å². The van der Waals surface area contributed by atoms with Crippen molar-refractivity contribution in [3.8, 4) is 0 Å². The molecule has 0 saturated carbocycles. The lowest BCUT2D eigenvalue weighted by Gasteiger charge is -2.35. The third-order valence-corrected chi connectivity index (χ3v) is 3.25. The van der Waals surface area contributed by atoms with Crippen LogP contribution in [-0.2, 0) is 0 Å². The van der Waals surface area contributed by atoms with E-state index in [0.717, 1.165) is 31.7 Å². The molecule has 0 aromatic heterocycles. The Hall–Kier alpha value is -0.680. The van der Waals surface area contributed by atoms with E-state index in [1.54, 1.807) is 0 Å². The zero-order chi connectivity index (χ0) is 12.1. The first-order chi connectivity index (χ1) is 8.31. The number of aliphatic hydroxyl groups is 1. The van der Waals surface area contributed by atoms with Gasteiger partial charge in [0.05, 0.1) is 0 Å². The maximum atomic E-state index is 12.9. The Morgan fingerprint density at radius 1 is 1.22 bits per heavy atom. The lowest BCUT2D eigenvalue weighted by Crippen LogP contribution is -2.45. The number of benzene rings is 1. The van der Waals surface area contributed by atoms with Gasteiger partial charge in [0, 0.05) is 38.8 Å².